The van der Waals surface area contributed by atoms with E-state index in [1.807, 2.05) is 30.3 Å². The molecule has 3 atom stereocenters. The van der Waals surface area contributed by atoms with Crippen molar-refractivity contribution in [2.75, 3.05) is 19.8 Å². The summed E-state index contributed by atoms with van der Waals surface area (Å²) in [7, 11) is 0. The molecule has 0 radical (unpaired) electrons. The molecule has 0 spiro atoms. The summed E-state index contributed by atoms with van der Waals surface area (Å²) in [5.74, 6) is -3.23. The van der Waals surface area contributed by atoms with Crippen molar-refractivity contribution in [3.63, 3.8) is 0 Å². The van der Waals surface area contributed by atoms with Gasteiger partial charge in [0.15, 0.2) is 11.6 Å². The maximum atomic E-state index is 13.8. The Bertz CT molecular complexity index is 1160. The standard InChI is InChI=1S/C30H37FN4O5/c1-21(32)34-14-6-10-23(28(37)18-31)16-27(36)26-12-7-15-35(26)30(39)25(24-11-5-13-33-19-24)17-29(38)40-20-22-8-3-2-4-9-22/h2-5,8-9,11,13,19,23,25-26,34H,1,6-7,10,12,14-18,20,32H2/t23-,25+,26+/m1/s1. The Kier molecular flexibility index (Phi) is 11.8. The minimum Gasteiger partial charge on any atom is -0.461 e. The van der Waals surface area contributed by atoms with Crippen LogP contribution in [0.5, 0.6) is 0 Å². The zero-order valence-electron chi connectivity index (χ0n) is 22.6. The monoisotopic (exact) mass is 552 g/mol. The number of nitrogens with two attached hydrogens (primary N) is 1. The fraction of sp³-hybridized carbons (Fsp3) is 0.433. The maximum absolute atomic E-state index is 13.8. The number of hydrogen-bond donors (Lipinski definition) is 2. The minimum atomic E-state index is -1.16. The molecule has 10 heteroatoms. The van der Waals surface area contributed by atoms with Crippen LogP contribution in [0.25, 0.3) is 0 Å². The maximum Gasteiger partial charge on any atom is 0.307 e. The topological polar surface area (TPSA) is 132 Å². The highest BCUT2D eigenvalue weighted by Crippen LogP contribution is 2.29. The van der Waals surface area contributed by atoms with Gasteiger partial charge in [-0.2, -0.15) is 0 Å². The van der Waals surface area contributed by atoms with Gasteiger partial charge in [-0.1, -0.05) is 43.0 Å². The number of nitrogens with zero attached hydrogens (tertiary/aromatic N) is 2. The van der Waals surface area contributed by atoms with Gasteiger partial charge in [0.2, 0.25) is 5.91 Å². The molecule has 1 fully saturated rings. The predicted molar refractivity (Wildman–Crippen MR) is 147 cm³/mol. The molecule has 0 aliphatic carbocycles. The summed E-state index contributed by atoms with van der Waals surface area (Å²) in [6.07, 6.45) is 4.58. The summed E-state index contributed by atoms with van der Waals surface area (Å²) < 4.78 is 18.7. The molecule has 9 nitrogen and oxygen atoms in total. The summed E-state index contributed by atoms with van der Waals surface area (Å²) in [5.41, 5.74) is 6.85. The summed E-state index contributed by atoms with van der Waals surface area (Å²) in [6, 6.07) is 11.9. The lowest BCUT2D eigenvalue weighted by Crippen LogP contribution is -2.44. The molecule has 1 amide bonds. The lowest BCUT2D eigenvalue weighted by molar-refractivity contribution is -0.149. The van der Waals surface area contributed by atoms with Gasteiger partial charge in [-0.25, -0.2) is 4.39 Å². The number of rotatable bonds is 16. The SMILES string of the molecule is C=C(N)NCCC[C@H](CC(=O)[C@@H]1CCCN1C(=O)[C@@H](CC(=O)OCc1ccccc1)c1cccnc1)C(=O)CF. The van der Waals surface area contributed by atoms with Crippen LogP contribution in [0.2, 0.25) is 0 Å². The van der Waals surface area contributed by atoms with Crippen LogP contribution in [0.15, 0.2) is 67.3 Å². The molecule has 1 saturated heterocycles. The van der Waals surface area contributed by atoms with Crippen LogP contribution in [-0.2, 0) is 30.5 Å². The first-order valence-corrected chi connectivity index (χ1v) is 13.5. The molecule has 3 rings (SSSR count). The molecular formula is C30H37FN4O5. The van der Waals surface area contributed by atoms with Gasteiger partial charge in [-0.05, 0) is 42.9 Å². The number of carbonyl (C=O) groups is 4. The van der Waals surface area contributed by atoms with Crippen LogP contribution in [0, 0.1) is 5.92 Å². The molecule has 2 aromatic rings. The van der Waals surface area contributed by atoms with Crippen LogP contribution in [0.1, 0.15) is 55.6 Å². The van der Waals surface area contributed by atoms with E-state index in [1.165, 1.54) is 11.1 Å². The van der Waals surface area contributed by atoms with Gasteiger partial charge in [0.05, 0.1) is 24.2 Å². The van der Waals surface area contributed by atoms with Gasteiger partial charge in [0.1, 0.15) is 13.3 Å². The number of esters is 1. The number of halogens is 1. The van der Waals surface area contributed by atoms with Crippen molar-refractivity contribution in [1.82, 2.24) is 15.2 Å². The number of ether oxygens (including phenoxy) is 1. The van der Waals surface area contributed by atoms with E-state index in [4.69, 9.17) is 10.5 Å². The summed E-state index contributed by atoms with van der Waals surface area (Å²) in [5, 5.41) is 2.85. The number of amides is 1. The number of alkyl halides is 1. The first-order valence-electron chi connectivity index (χ1n) is 13.5. The van der Waals surface area contributed by atoms with Gasteiger partial charge >= 0.3 is 5.97 Å². The van der Waals surface area contributed by atoms with Gasteiger partial charge in [-0.15, -0.1) is 0 Å². The number of ketones is 2. The molecule has 40 heavy (non-hydrogen) atoms. The van der Waals surface area contributed by atoms with Crippen molar-refractivity contribution in [3.8, 4) is 0 Å². The molecule has 0 saturated carbocycles. The molecule has 214 valence electrons. The quantitative estimate of drug-likeness (QED) is 0.240. The third-order valence-electron chi connectivity index (χ3n) is 7.02. The second-order valence-corrected chi connectivity index (χ2v) is 9.94. The van der Waals surface area contributed by atoms with E-state index >= 15 is 0 Å². The summed E-state index contributed by atoms with van der Waals surface area (Å²) >= 11 is 0. The van der Waals surface area contributed by atoms with Gasteiger partial charge in [0, 0.05) is 37.8 Å². The molecule has 0 unspecified atom stereocenters. The van der Waals surface area contributed by atoms with Crippen molar-refractivity contribution in [2.45, 2.75) is 57.1 Å². The van der Waals surface area contributed by atoms with Crippen LogP contribution in [0.4, 0.5) is 4.39 Å². The van der Waals surface area contributed by atoms with E-state index in [-0.39, 0.29) is 37.0 Å². The molecule has 1 aromatic carbocycles. The largest absolute Gasteiger partial charge is 0.461 e. The van der Waals surface area contributed by atoms with Crippen LogP contribution < -0.4 is 11.1 Å². The van der Waals surface area contributed by atoms with Crippen molar-refractivity contribution >= 4 is 23.4 Å². The molecule has 1 aliphatic rings. The molecule has 2 heterocycles. The third-order valence-corrected chi connectivity index (χ3v) is 7.02. The molecule has 3 N–H and O–H groups in total. The van der Waals surface area contributed by atoms with E-state index in [2.05, 4.69) is 16.9 Å². The van der Waals surface area contributed by atoms with Crippen LogP contribution in [-0.4, -0.2) is 59.1 Å². The second-order valence-electron chi connectivity index (χ2n) is 9.94. The van der Waals surface area contributed by atoms with Gasteiger partial charge in [0.25, 0.3) is 0 Å². The number of carbonyl (C=O) groups excluding carboxylic acids is 4. The highest BCUT2D eigenvalue weighted by Gasteiger charge is 2.39. The number of benzene rings is 1. The summed E-state index contributed by atoms with van der Waals surface area (Å²) in [4.78, 5) is 57.8. The third kappa shape index (κ3) is 9.00. The van der Waals surface area contributed by atoms with Gasteiger partial charge in [-0.3, -0.25) is 24.2 Å². The van der Waals surface area contributed by atoms with E-state index in [0.717, 1.165) is 5.56 Å². The smallest absolute Gasteiger partial charge is 0.307 e. The van der Waals surface area contributed by atoms with E-state index in [1.54, 1.807) is 18.3 Å². The number of pyridine rings is 1. The van der Waals surface area contributed by atoms with Crippen LogP contribution in [0.3, 0.4) is 0 Å². The van der Waals surface area contributed by atoms with Crippen molar-refractivity contribution in [1.29, 1.82) is 0 Å². The minimum absolute atomic E-state index is 0.0807. The Morgan fingerprint density at radius 1 is 1.15 bits per heavy atom. The zero-order chi connectivity index (χ0) is 28.9. The van der Waals surface area contributed by atoms with Gasteiger partial charge < -0.3 is 20.7 Å². The van der Waals surface area contributed by atoms with E-state index in [0.29, 0.717) is 44.3 Å². The number of nitrogens with one attached hydrogen (secondary N) is 1. The van der Waals surface area contributed by atoms with Crippen molar-refractivity contribution < 1.29 is 28.3 Å². The second kappa shape index (κ2) is 15.5. The molecule has 1 aromatic heterocycles. The highest BCUT2D eigenvalue weighted by atomic mass is 19.1. The highest BCUT2D eigenvalue weighted by molar-refractivity contribution is 5.96. The first-order chi connectivity index (χ1) is 19.3. The predicted octanol–water partition coefficient (Wildman–Crippen LogP) is 3.20. The van der Waals surface area contributed by atoms with E-state index in [9.17, 15) is 23.6 Å². The average molecular weight is 553 g/mol. The zero-order valence-corrected chi connectivity index (χ0v) is 22.6. The Morgan fingerprint density at radius 2 is 1.93 bits per heavy atom. The Hall–Kier alpha value is -4.08. The molecule has 1 aliphatic heterocycles. The van der Waals surface area contributed by atoms with Crippen molar-refractivity contribution in [2.24, 2.45) is 11.7 Å². The number of Topliss-reactive ketones (excluding diaryl/α,β-unsaturated/α-hetero) is 2. The normalized spacial score (nSPS) is 16.1. The molecular weight excluding hydrogens is 515 g/mol. The fourth-order valence-electron chi connectivity index (χ4n) is 4.92. The number of likely N-dealkylation sites (tertiary alicyclic amines) is 1. The Labute approximate surface area is 234 Å². The lowest BCUT2D eigenvalue weighted by atomic mass is 9.89. The number of aromatic nitrogens is 1. The molecule has 0 bridgehead atoms. The first kappa shape index (κ1) is 30.5. The van der Waals surface area contributed by atoms with E-state index < -0.39 is 36.3 Å². The average Bonchev–Trinajstić information content (AvgIpc) is 3.47. The van der Waals surface area contributed by atoms with Crippen LogP contribution >= 0.6 is 0 Å². The summed E-state index contributed by atoms with van der Waals surface area (Å²) in [6.45, 7) is 3.25. The lowest BCUT2D eigenvalue weighted by Gasteiger charge is -2.29. The number of hydrogen-bond acceptors (Lipinski definition) is 8. The Balaban J connectivity index is 1.69. The van der Waals surface area contributed by atoms with Crippen molar-refractivity contribution in [3.05, 3.63) is 78.4 Å². The Morgan fingerprint density at radius 3 is 2.60 bits per heavy atom. The fourth-order valence-corrected chi connectivity index (χ4v) is 4.92.